The number of methoxy groups -OCH3 is 1. The van der Waals surface area contributed by atoms with Gasteiger partial charge in [-0.3, -0.25) is 14.4 Å². The van der Waals surface area contributed by atoms with Crippen LogP contribution in [0.4, 0.5) is 17.1 Å². The van der Waals surface area contributed by atoms with Crippen LogP contribution in [0.2, 0.25) is 0 Å². The first-order valence-electron chi connectivity index (χ1n) is 11.2. The summed E-state index contributed by atoms with van der Waals surface area (Å²) in [7, 11) is 1.58. The minimum Gasteiger partial charge on any atom is -0.497 e. The second kappa shape index (κ2) is 8.30. The molecule has 3 aliphatic rings. The molecule has 2 aliphatic heterocycles. The number of carbonyl (C=O) groups excluding carboxylic acids is 3. The Kier molecular flexibility index (Phi) is 5.33. The first-order chi connectivity index (χ1) is 15.5. The molecule has 2 fully saturated rings. The summed E-state index contributed by atoms with van der Waals surface area (Å²) in [6.45, 7) is 1.05. The van der Waals surface area contributed by atoms with E-state index in [4.69, 9.17) is 4.74 Å². The van der Waals surface area contributed by atoms with Gasteiger partial charge in [-0.05, 0) is 55.2 Å². The number of hydrogen-bond donors (Lipinski definition) is 1. The largest absolute Gasteiger partial charge is 0.497 e. The molecule has 32 heavy (non-hydrogen) atoms. The molecule has 5 rings (SSSR count). The predicted octanol–water partition coefficient (Wildman–Crippen LogP) is 3.38. The summed E-state index contributed by atoms with van der Waals surface area (Å²) in [6, 6.07) is 13.0. The summed E-state index contributed by atoms with van der Waals surface area (Å²) < 4.78 is 5.20. The Morgan fingerprint density at radius 2 is 1.94 bits per heavy atom. The number of hydrogen-bond acceptors (Lipinski definition) is 4. The molecule has 1 aliphatic carbocycles. The second-order valence-electron chi connectivity index (χ2n) is 8.81. The van der Waals surface area contributed by atoms with Crippen LogP contribution in [0.25, 0.3) is 0 Å². The molecule has 0 aromatic heterocycles. The van der Waals surface area contributed by atoms with Crippen LogP contribution in [0.1, 0.15) is 31.2 Å². The number of fused-ring (bicyclic) bond motifs is 1. The van der Waals surface area contributed by atoms with Gasteiger partial charge in [0.05, 0.1) is 13.0 Å². The van der Waals surface area contributed by atoms with E-state index in [-0.39, 0.29) is 30.1 Å². The zero-order valence-electron chi connectivity index (χ0n) is 18.2. The molecule has 0 bridgehead atoms. The first-order valence-corrected chi connectivity index (χ1v) is 11.2. The van der Waals surface area contributed by atoms with Crippen molar-refractivity contribution in [3.05, 3.63) is 48.0 Å². The van der Waals surface area contributed by atoms with Crippen LogP contribution in [0.5, 0.6) is 5.75 Å². The van der Waals surface area contributed by atoms with Gasteiger partial charge in [-0.25, -0.2) is 0 Å². The lowest BCUT2D eigenvalue weighted by atomic mass is 9.84. The number of nitrogens with one attached hydrogen (secondary N) is 1. The van der Waals surface area contributed by atoms with Crippen LogP contribution in [-0.4, -0.2) is 37.9 Å². The molecule has 1 atom stereocenters. The summed E-state index contributed by atoms with van der Waals surface area (Å²) in [5.41, 5.74) is 3.49. The summed E-state index contributed by atoms with van der Waals surface area (Å²) in [5, 5.41) is 2.89. The molecule has 0 spiro atoms. The fourth-order valence-electron chi connectivity index (χ4n) is 4.74. The Hall–Kier alpha value is -3.35. The smallest absolute Gasteiger partial charge is 0.230 e. The van der Waals surface area contributed by atoms with E-state index in [9.17, 15) is 14.4 Å². The maximum atomic E-state index is 12.8. The van der Waals surface area contributed by atoms with Crippen LogP contribution in [0, 0.1) is 11.8 Å². The molecular weight excluding hydrogens is 406 g/mol. The van der Waals surface area contributed by atoms with Crippen LogP contribution in [-0.2, 0) is 20.8 Å². The second-order valence-corrected chi connectivity index (χ2v) is 8.81. The van der Waals surface area contributed by atoms with E-state index < -0.39 is 5.92 Å². The molecule has 2 heterocycles. The maximum Gasteiger partial charge on any atom is 0.230 e. The van der Waals surface area contributed by atoms with Crippen molar-refractivity contribution in [3.63, 3.8) is 0 Å². The SMILES string of the molecule is COc1cccc(NC(=O)[C@H]2CC(=O)N(c3ccc4c(c3)CCN4C(=O)C3CCC3)C2)c1. The molecule has 0 radical (unpaired) electrons. The highest BCUT2D eigenvalue weighted by molar-refractivity contribution is 6.04. The summed E-state index contributed by atoms with van der Waals surface area (Å²) in [5.74, 6) is 0.413. The summed E-state index contributed by atoms with van der Waals surface area (Å²) in [4.78, 5) is 41.8. The molecule has 1 saturated carbocycles. The van der Waals surface area contributed by atoms with Crippen molar-refractivity contribution in [2.24, 2.45) is 11.8 Å². The highest BCUT2D eigenvalue weighted by Gasteiger charge is 2.37. The molecule has 1 saturated heterocycles. The van der Waals surface area contributed by atoms with Gasteiger partial charge in [0.2, 0.25) is 17.7 Å². The predicted molar refractivity (Wildman–Crippen MR) is 122 cm³/mol. The molecule has 1 N–H and O–H groups in total. The molecule has 7 heteroatoms. The Labute approximate surface area is 187 Å². The quantitative estimate of drug-likeness (QED) is 0.784. The number of amides is 3. The van der Waals surface area contributed by atoms with Crippen molar-refractivity contribution >= 4 is 34.8 Å². The minimum atomic E-state index is -0.418. The highest BCUT2D eigenvalue weighted by atomic mass is 16.5. The zero-order chi connectivity index (χ0) is 22.2. The van der Waals surface area contributed by atoms with E-state index in [0.717, 1.165) is 42.6 Å². The zero-order valence-corrected chi connectivity index (χ0v) is 18.2. The monoisotopic (exact) mass is 433 g/mol. The first kappa shape index (κ1) is 20.5. The maximum absolute atomic E-state index is 12.8. The summed E-state index contributed by atoms with van der Waals surface area (Å²) >= 11 is 0. The van der Waals surface area contributed by atoms with Gasteiger partial charge in [-0.2, -0.15) is 0 Å². The number of benzene rings is 2. The Balaban J connectivity index is 1.27. The highest BCUT2D eigenvalue weighted by Crippen LogP contribution is 2.37. The average Bonchev–Trinajstić information content (AvgIpc) is 3.35. The van der Waals surface area contributed by atoms with Gasteiger partial charge in [0.25, 0.3) is 0 Å². The van der Waals surface area contributed by atoms with Crippen molar-refractivity contribution in [1.29, 1.82) is 0 Å². The average molecular weight is 434 g/mol. The fourth-order valence-corrected chi connectivity index (χ4v) is 4.74. The van der Waals surface area contributed by atoms with Gasteiger partial charge >= 0.3 is 0 Å². The van der Waals surface area contributed by atoms with E-state index in [1.54, 1.807) is 24.1 Å². The Bertz CT molecular complexity index is 1080. The van der Waals surface area contributed by atoms with Crippen molar-refractivity contribution in [2.45, 2.75) is 32.1 Å². The van der Waals surface area contributed by atoms with Gasteiger partial charge in [-0.1, -0.05) is 12.5 Å². The standard InChI is InChI=1S/C25H27N3O4/c1-32-21-7-3-6-19(14-21)26-24(30)18-13-23(29)28(15-18)20-8-9-22-17(12-20)10-11-27(22)25(31)16-4-2-5-16/h3,6-9,12,14,16,18H,2,4-5,10-11,13,15H2,1H3,(H,26,30)/t18-/m0/s1. The van der Waals surface area contributed by atoms with E-state index in [1.807, 2.05) is 35.2 Å². The van der Waals surface area contributed by atoms with E-state index in [1.165, 1.54) is 0 Å². The topological polar surface area (TPSA) is 79.0 Å². The van der Waals surface area contributed by atoms with Crippen LogP contribution in [0.3, 0.4) is 0 Å². The van der Waals surface area contributed by atoms with Crippen LogP contribution < -0.4 is 19.9 Å². The number of ether oxygens (including phenoxy) is 1. The van der Waals surface area contributed by atoms with E-state index >= 15 is 0 Å². The van der Waals surface area contributed by atoms with Gasteiger partial charge in [-0.15, -0.1) is 0 Å². The lowest BCUT2D eigenvalue weighted by Crippen LogP contribution is -2.37. The minimum absolute atomic E-state index is 0.0591. The van der Waals surface area contributed by atoms with Crippen molar-refractivity contribution < 1.29 is 19.1 Å². The van der Waals surface area contributed by atoms with Crippen LogP contribution >= 0.6 is 0 Å². The number of anilines is 3. The number of carbonyl (C=O) groups is 3. The van der Waals surface area contributed by atoms with Crippen molar-refractivity contribution in [1.82, 2.24) is 0 Å². The van der Waals surface area contributed by atoms with Crippen molar-refractivity contribution in [3.8, 4) is 5.75 Å². The third-order valence-electron chi connectivity index (χ3n) is 6.82. The molecule has 2 aromatic carbocycles. The summed E-state index contributed by atoms with van der Waals surface area (Å²) in [6.07, 6.45) is 4.09. The van der Waals surface area contributed by atoms with E-state index in [0.29, 0.717) is 24.5 Å². The van der Waals surface area contributed by atoms with Gasteiger partial charge in [0.1, 0.15) is 5.75 Å². The molecule has 7 nitrogen and oxygen atoms in total. The molecule has 2 aromatic rings. The third-order valence-corrected chi connectivity index (χ3v) is 6.82. The van der Waals surface area contributed by atoms with Crippen LogP contribution in [0.15, 0.2) is 42.5 Å². The molecule has 3 amide bonds. The lowest BCUT2D eigenvalue weighted by Gasteiger charge is -2.29. The van der Waals surface area contributed by atoms with Gasteiger partial charge < -0.3 is 19.9 Å². The fraction of sp³-hybridized carbons (Fsp3) is 0.400. The Morgan fingerprint density at radius 1 is 1.09 bits per heavy atom. The van der Waals surface area contributed by atoms with Crippen molar-refractivity contribution in [2.75, 3.05) is 35.3 Å². The lowest BCUT2D eigenvalue weighted by molar-refractivity contribution is -0.124. The molecule has 0 unspecified atom stereocenters. The third kappa shape index (κ3) is 3.72. The number of nitrogens with zero attached hydrogens (tertiary/aromatic N) is 2. The van der Waals surface area contributed by atoms with E-state index in [2.05, 4.69) is 5.32 Å². The normalized spacial score (nSPS) is 20.2. The molecule has 166 valence electrons. The van der Waals surface area contributed by atoms with Gasteiger partial charge in [0, 0.05) is 48.6 Å². The Morgan fingerprint density at radius 3 is 2.69 bits per heavy atom. The number of rotatable bonds is 5. The molecular formula is C25H27N3O4. The van der Waals surface area contributed by atoms with Gasteiger partial charge in [0.15, 0.2) is 0 Å².